The van der Waals surface area contributed by atoms with Crippen molar-refractivity contribution in [2.75, 3.05) is 13.6 Å². The Hall–Kier alpha value is -2.09. The van der Waals surface area contributed by atoms with E-state index in [4.69, 9.17) is 4.42 Å². The topological polar surface area (TPSA) is 80.4 Å². The van der Waals surface area contributed by atoms with E-state index in [1.807, 2.05) is 13.2 Å². The number of hydrogen-bond donors (Lipinski definition) is 1. The number of hydrogen-bond acceptors (Lipinski definition) is 4. The van der Waals surface area contributed by atoms with Gasteiger partial charge in [0.2, 0.25) is 5.91 Å². The molecule has 0 aromatic carbocycles. The summed E-state index contributed by atoms with van der Waals surface area (Å²) in [5.41, 5.74) is 0.926. The summed E-state index contributed by atoms with van der Waals surface area (Å²) in [6, 6.07) is 3.15. The zero-order valence-electron chi connectivity index (χ0n) is 11.7. The van der Waals surface area contributed by atoms with Gasteiger partial charge in [-0.25, -0.2) is 0 Å². The van der Waals surface area contributed by atoms with E-state index in [9.17, 15) is 9.59 Å². The molecule has 0 aliphatic carbocycles. The van der Waals surface area contributed by atoms with E-state index in [0.29, 0.717) is 11.2 Å². The number of likely N-dealkylation sites (N-methyl/N-ethyl adjacent to an activating group) is 1. The molecule has 112 valence electrons. The van der Waals surface area contributed by atoms with E-state index in [2.05, 4.69) is 26.3 Å². The summed E-state index contributed by atoms with van der Waals surface area (Å²) in [5, 5.41) is 6.56. The normalized spacial score (nSPS) is 10.4. The first-order valence-corrected chi connectivity index (χ1v) is 7.00. The van der Waals surface area contributed by atoms with Crippen LogP contribution >= 0.6 is 15.9 Å². The third-order valence-electron chi connectivity index (χ3n) is 2.80. The summed E-state index contributed by atoms with van der Waals surface area (Å²) < 4.78 is 7.24. The fourth-order valence-corrected chi connectivity index (χ4v) is 2.04. The maximum absolute atomic E-state index is 11.9. The second kappa shape index (κ2) is 6.57. The molecule has 21 heavy (non-hydrogen) atoms. The number of nitrogens with one attached hydrogen (secondary N) is 1. The van der Waals surface area contributed by atoms with Gasteiger partial charge in [-0.05, 0) is 28.1 Å². The predicted molar refractivity (Wildman–Crippen MR) is 78.4 cm³/mol. The van der Waals surface area contributed by atoms with E-state index >= 15 is 0 Å². The van der Waals surface area contributed by atoms with Crippen LogP contribution in [0.3, 0.4) is 0 Å². The summed E-state index contributed by atoms with van der Waals surface area (Å²) in [4.78, 5) is 25.2. The van der Waals surface area contributed by atoms with Crippen molar-refractivity contribution in [1.29, 1.82) is 0 Å². The largest absolute Gasteiger partial charge is 0.444 e. The molecule has 8 heteroatoms. The maximum atomic E-state index is 11.9. The molecule has 0 spiro atoms. The van der Waals surface area contributed by atoms with Gasteiger partial charge in [0.25, 0.3) is 5.91 Å². The Morgan fingerprint density at radius 3 is 2.81 bits per heavy atom. The number of carbonyl (C=O) groups excluding carboxylic acids is 2. The van der Waals surface area contributed by atoms with Crippen LogP contribution in [-0.2, 0) is 18.4 Å². The van der Waals surface area contributed by atoms with Gasteiger partial charge in [-0.2, -0.15) is 5.10 Å². The van der Waals surface area contributed by atoms with Crippen LogP contribution in [-0.4, -0.2) is 40.1 Å². The SMILES string of the molecule is CN(Cc1cnn(C)c1)C(=O)CNC(=O)c1ccc(Br)o1. The molecule has 0 saturated carbocycles. The molecule has 2 rings (SSSR count). The zero-order valence-corrected chi connectivity index (χ0v) is 13.3. The Morgan fingerprint density at radius 2 is 2.24 bits per heavy atom. The number of carbonyl (C=O) groups is 2. The summed E-state index contributed by atoms with van der Waals surface area (Å²) >= 11 is 3.11. The Bertz CT molecular complexity index is 649. The molecule has 0 aliphatic heterocycles. The first kappa shape index (κ1) is 15.3. The minimum absolute atomic E-state index is 0.0894. The monoisotopic (exact) mass is 354 g/mol. The van der Waals surface area contributed by atoms with Crippen molar-refractivity contribution < 1.29 is 14.0 Å². The second-order valence-electron chi connectivity index (χ2n) is 4.56. The molecular weight excluding hydrogens is 340 g/mol. The Morgan fingerprint density at radius 1 is 1.48 bits per heavy atom. The van der Waals surface area contributed by atoms with Crippen molar-refractivity contribution in [2.24, 2.45) is 7.05 Å². The number of nitrogens with zero attached hydrogens (tertiary/aromatic N) is 3. The summed E-state index contributed by atoms with van der Waals surface area (Å²) in [6.45, 7) is 0.350. The van der Waals surface area contributed by atoms with Crippen LogP contribution in [0.2, 0.25) is 0 Å². The van der Waals surface area contributed by atoms with Crippen molar-refractivity contribution in [3.63, 3.8) is 0 Å². The number of aryl methyl sites for hydroxylation is 1. The molecule has 2 heterocycles. The van der Waals surface area contributed by atoms with Crippen LogP contribution in [0.25, 0.3) is 0 Å². The third-order valence-corrected chi connectivity index (χ3v) is 3.23. The molecule has 0 aliphatic rings. The van der Waals surface area contributed by atoms with Crippen LogP contribution in [0.15, 0.2) is 33.6 Å². The number of amides is 2. The van der Waals surface area contributed by atoms with Crippen molar-refractivity contribution in [3.8, 4) is 0 Å². The lowest BCUT2D eigenvalue weighted by molar-refractivity contribution is -0.129. The summed E-state index contributed by atoms with van der Waals surface area (Å²) in [6.07, 6.45) is 3.53. The fourth-order valence-electron chi connectivity index (χ4n) is 1.73. The van der Waals surface area contributed by atoms with Crippen LogP contribution in [0.5, 0.6) is 0 Å². The molecule has 1 N–H and O–H groups in total. The number of rotatable bonds is 5. The van der Waals surface area contributed by atoms with Gasteiger partial charge in [0.15, 0.2) is 10.4 Å². The first-order chi connectivity index (χ1) is 9.95. The third kappa shape index (κ3) is 4.19. The molecular formula is C13H15BrN4O3. The van der Waals surface area contributed by atoms with Crippen molar-refractivity contribution in [1.82, 2.24) is 20.0 Å². The van der Waals surface area contributed by atoms with Crippen LogP contribution in [0.4, 0.5) is 0 Å². The molecule has 2 aromatic rings. The van der Waals surface area contributed by atoms with E-state index < -0.39 is 5.91 Å². The Balaban J connectivity index is 1.82. The molecule has 0 bridgehead atoms. The smallest absolute Gasteiger partial charge is 0.287 e. The van der Waals surface area contributed by atoms with Gasteiger partial charge >= 0.3 is 0 Å². The van der Waals surface area contributed by atoms with Crippen LogP contribution in [0, 0.1) is 0 Å². The van der Waals surface area contributed by atoms with E-state index in [0.717, 1.165) is 5.56 Å². The zero-order chi connectivity index (χ0) is 15.4. The highest BCUT2D eigenvalue weighted by molar-refractivity contribution is 9.10. The fraction of sp³-hybridized carbons (Fsp3) is 0.308. The first-order valence-electron chi connectivity index (χ1n) is 6.20. The molecule has 0 fully saturated rings. The van der Waals surface area contributed by atoms with Crippen LogP contribution < -0.4 is 5.32 Å². The Kier molecular flexibility index (Phi) is 4.79. The lowest BCUT2D eigenvalue weighted by Gasteiger charge is -2.16. The van der Waals surface area contributed by atoms with Gasteiger partial charge in [0, 0.05) is 32.4 Å². The molecule has 0 unspecified atom stereocenters. The van der Waals surface area contributed by atoms with Gasteiger partial charge in [-0.15, -0.1) is 0 Å². The van der Waals surface area contributed by atoms with Crippen molar-refractivity contribution in [2.45, 2.75) is 6.54 Å². The predicted octanol–water partition coefficient (Wildman–Crippen LogP) is 1.16. The number of aromatic nitrogens is 2. The lowest BCUT2D eigenvalue weighted by Crippen LogP contribution is -2.37. The van der Waals surface area contributed by atoms with Gasteiger partial charge in [0.1, 0.15) is 0 Å². The molecule has 0 radical (unpaired) electrons. The minimum atomic E-state index is -0.427. The number of halogens is 1. The van der Waals surface area contributed by atoms with E-state index in [1.54, 1.807) is 24.0 Å². The lowest BCUT2D eigenvalue weighted by atomic mass is 10.3. The van der Waals surface area contributed by atoms with E-state index in [1.165, 1.54) is 11.0 Å². The highest BCUT2D eigenvalue weighted by Crippen LogP contribution is 2.13. The van der Waals surface area contributed by atoms with Crippen LogP contribution in [0.1, 0.15) is 16.1 Å². The second-order valence-corrected chi connectivity index (χ2v) is 5.34. The van der Waals surface area contributed by atoms with Crippen molar-refractivity contribution in [3.05, 3.63) is 40.5 Å². The van der Waals surface area contributed by atoms with Gasteiger partial charge in [-0.1, -0.05) is 0 Å². The number of furan rings is 1. The molecule has 0 atom stereocenters. The summed E-state index contributed by atoms with van der Waals surface area (Å²) in [5.74, 6) is -0.466. The molecule has 2 amide bonds. The van der Waals surface area contributed by atoms with E-state index in [-0.39, 0.29) is 18.2 Å². The molecule has 0 saturated heterocycles. The summed E-state index contributed by atoms with van der Waals surface area (Å²) in [7, 11) is 3.48. The minimum Gasteiger partial charge on any atom is -0.444 e. The molecule has 2 aromatic heterocycles. The standard InChI is InChI=1S/C13H15BrN4O3/c1-17(7-9-5-16-18(2)8-9)12(19)6-15-13(20)10-3-4-11(14)21-10/h3-5,8H,6-7H2,1-2H3,(H,15,20). The molecule has 7 nitrogen and oxygen atoms in total. The quantitative estimate of drug-likeness (QED) is 0.873. The van der Waals surface area contributed by atoms with Crippen molar-refractivity contribution >= 4 is 27.7 Å². The Labute approximate surface area is 130 Å². The van der Waals surface area contributed by atoms with Gasteiger partial charge < -0.3 is 14.6 Å². The van der Waals surface area contributed by atoms with Gasteiger partial charge in [0.05, 0.1) is 12.7 Å². The average molecular weight is 355 g/mol. The highest BCUT2D eigenvalue weighted by atomic mass is 79.9. The average Bonchev–Trinajstić information content (AvgIpc) is 3.04. The maximum Gasteiger partial charge on any atom is 0.287 e. The highest BCUT2D eigenvalue weighted by Gasteiger charge is 2.14. The van der Waals surface area contributed by atoms with Gasteiger partial charge in [-0.3, -0.25) is 14.3 Å².